The van der Waals surface area contributed by atoms with Crippen molar-refractivity contribution in [2.75, 3.05) is 25.5 Å². The first-order chi connectivity index (χ1) is 15.1. The fraction of sp³-hybridized carbons (Fsp3) is 0.458. The van der Waals surface area contributed by atoms with Crippen molar-refractivity contribution in [3.05, 3.63) is 42.6 Å². The highest BCUT2D eigenvalue weighted by molar-refractivity contribution is 5.96. The highest BCUT2D eigenvalue weighted by Crippen LogP contribution is 2.33. The van der Waals surface area contributed by atoms with Gasteiger partial charge in [-0.05, 0) is 43.9 Å². The molecule has 31 heavy (non-hydrogen) atoms. The number of rotatable bonds is 6. The summed E-state index contributed by atoms with van der Waals surface area (Å²) in [6, 6.07) is 10.8. The highest BCUT2D eigenvalue weighted by Gasteiger charge is 2.38. The van der Waals surface area contributed by atoms with Crippen LogP contribution in [0.2, 0.25) is 0 Å². The van der Waals surface area contributed by atoms with Gasteiger partial charge in [-0.3, -0.25) is 9.59 Å². The molecular weight excluding hydrogens is 394 g/mol. The summed E-state index contributed by atoms with van der Waals surface area (Å²) in [5.41, 5.74) is 0.598. The SMILES string of the molecule is COc1cccc(Oc2ccc(NC(=O)[C@H]3CCCC[C@H]3C(=O)N3CCCC3)cn2)c1. The summed E-state index contributed by atoms with van der Waals surface area (Å²) >= 11 is 0. The van der Waals surface area contributed by atoms with Gasteiger partial charge in [0.1, 0.15) is 11.5 Å². The number of amides is 2. The molecule has 2 amide bonds. The van der Waals surface area contributed by atoms with E-state index < -0.39 is 0 Å². The van der Waals surface area contributed by atoms with Gasteiger partial charge < -0.3 is 19.7 Å². The maximum absolute atomic E-state index is 13.0. The third-order valence-electron chi connectivity index (χ3n) is 6.11. The van der Waals surface area contributed by atoms with Crippen LogP contribution in [-0.2, 0) is 9.59 Å². The van der Waals surface area contributed by atoms with Gasteiger partial charge in [0.25, 0.3) is 0 Å². The van der Waals surface area contributed by atoms with E-state index in [0.29, 0.717) is 23.1 Å². The van der Waals surface area contributed by atoms with E-state index in [9.17, 15) is 9.59 Å². The van der Waals surface area contributed by atoms with Gasteiger partial charge in [0.2, 0.25) is 17.7 Å². The zero-order valence-corrected chi connectivity index (χ0v) is 17.9. The molecule has 1 aromatic carbocycles. The summed E-state index contributed by atoms with van der Waals surface area (Å²) < 4.78 is 10.9. The first-order valence-corrected chi connectivity index (χ1v) is 11.0. The molecule has 1 aliphatic carbocycles. The number of carbonyl (C=O) groups excluding carboxylic acids is 2. The zero-order chi connectivity index (χ0) is 21.6. The Morgan fingerprint density at radius 1 is 1.00 bits per heavy atom. The van der Waals surface area contributed by atoms with Gasteiger partial charge in [0.05, 0.1) is 19.0 Å². The Labute approximate surface area is 182 Å². The lowest BCUT2D eigenvalue weighted by Gasteiger charge is -2.32. The van der Waals surface area contributed by atoms with E-state index in [2.05, 4.69) is 10.3 Å². The van der Waals surface area contributed by atoms with Crippen LogP contribution in [0.5, 0.6) is 17.4 Å². The van der Waals surface area contributed by atoms with Crippen molar-refractivity contribution in [2.24, 2.45) is 11.8 Å². The molecule has 164 valence electrons. The molecule has 1 saturated carbocycles. The molecule has 2 aromatic rings. The first-order valence-electron chi connectivity index (χ1n) is 11.0. The van der Waals surface area contributed by atoms with Crippen LogP contribution in [0.15, 0.2) is 42.6 Å². The topological polar surface area (TPSA) is 80.8 Å². The number of anilines is 1. The van der Waals surface area contributed by atoms with Gasteiger partial charge in [-0.2, -0.15) is 0 Å². The van der Waals surface area contributed by atoms with E-state index in [0.717, 1.165) is 51.6 Å². The Balaban J connectivity index is 1.38. The Kier molecular flexibility index (Phi) is 6.70. The van der Waals surface area contributed by atoms with Crippen LogP contribution in [0, 0.1) is 11.8 Å². The minimum Gasteiger partial charge on any atom is -0.497 e. The van der Waals surface area contributed by atoms with Crippen LogP contribution < -0.4 is 14.8 Å². The molecular formula is C24H29N3O4. The largest absolute Gasteiger partial charge is 0.497 e. The summed E-state index contributed by atoms with van der Waals surface area (Å²) in [4.78, 5) is 32.2. The number of carbonyl (C=O) groups is 2. The Hall–Kier alpha value is -3.09. The molecule has 2 aliphatic rings. The minimum absolute atomic E-state index is 0.0967. The summed E-state index contributed by atoms with van der Waals surface area (Å²) in [5.74, 6) is 1.30. The van der Waals surface area contributed by atoms with Gasteiger partial charge in [-0.15, -0.1) is 0 Å². The van der Waals surface area contributed by atoms with E-state index in [-0.39, 0.29) is 23.7 Å². The molecule has 0 radical (unpaired) electrons. The van der Waals surface area contributed by atoms with Crippen molar-refractivity contribution in [3.63, 3.8) is 0 Å². The smallest absolute Gasteiger partial charge is 0.228 e. The number of ether oxygens (including phenoxy) is 2. The Morgan fingerprint density at radius 3 is 2.45 bits per heavy atom. The van der Waals surface area contributed by atoms with E-state index in [1.807, 2.05) is 23.1 Å². The number of aromatic nitrogens is 1. The number of methoxy groups -OCH3 is 1. The van der Waals surface area contributed by atoms with Crippen molar-refractivity contribution in [3.8, 4) is 17.4 Å². The third kappa shape index (κ3) is 5.16. The van der Waals surface area contributed by atoms with Crippen LogP contribution >= 0.6 is 0 Å². The van der Waals surface area contributed by atoms with Gasteiger partial charge in [-0.1, -0.05) is 18.9 Å². The monoisotopic (exact) mass is 423 g/mol. The summed E-state index contributed by atoms with van der Waals surface area (Å²) in [6.45, 7) is 1.64. The first kappa shape index (κ1) is 21.2. The summed E-state index contributed by atoms with van der Waals surface area (Å²) in [7, 11) is 1.60. The predicted molar refractivity (Wildman–Crippen MR) is 117 cm³/mol. The molecule has 1 aromatic heterocycles. The molecule has 1 saturated heterocycles. The van der Waals surface area contributed by atoms with Crippen molar-refractivity contribution in [2.45, 2.75) is 38.5 Å². The maximum Gasteiger partial charge on any atom is 0.228 e. The minimum atomic E-state index is -0.283. The van der Waals surface area contributed by atoms with Gasteiger partial charge in [0.15, 0.2) is 0 Å². The number of benzene rings is 1. The highest BCUT2D eigenvalue weighted by atomic mass is 16.5. The lowest BCUT2D eigenvalue weighted by Crippen LogP contribution is -2.42. The lowest BCUT2D eigenvalue weighted by atomic mass is 9.78. The van der Waals surface area contributed by atoms with Crippen LogP contribution in [0.25, 0.3) is 0 Å². The molecule has 7 heteroatoms. The lowest BCUT2D eigenvalue weighted by molar-refractivity contribution is -0.141. The molecule has 2 atom stereocenters. The van der Waals surface area contributed by atoms with Gasteiger partial charge in [-0.25, -0.2) is 4.98 Å². The Bertz CT molecular complexity index is 909. The molecule has 2 fully saturated rings. The number of nitrogens with zero attached hydrogens (tertiary/aromatic N) is 2. The predicted octanol–water partition coefficient (Wildman–Crippen LogP) is 4.25. The molecule has 2 heterocycles. The van der Waals surface area contributed by atoms with Gasteiger partial charge in [0, 0.05) is 37.1 Å². The van der Waals surface area contributed by atoms with E-state index in [1.165, 1.54) is 0 Å². The normalized spacial score (nSPS) is 20.9. The molecule has 0 bridgehead atoms. The second-order valence-electron chi connectivity index (χ2n) is 8.19. The second kappa shape index (κ2) is 9.81. The quantitative estimate of drug-likeness (QED) is 0.751. The van der Waals surface area contributed by atoms with Gasteiger partial charge >= 0.3 is 0 Å². The summed E-state index contributed by atoms with van der Waals surface area (Å²) in [6.07, 6.45) is 7.22. The molecule has 0 spiro atoms. The number of nitrogens with one attached hydrogen (secondary N) is 1. The maximum atomic E-state index is 13.0. The van der Waals surface area contributed by atoms with Crippen LogP contribution in [-0.4, -0.2) is 41.9 Å². The van der Waals surface area contributed by atoms with Crippen molar-refractivity contribution in [1.29, 1.82) is 0 Å². The van der Waals surface area contributed by atoms with E-state index >= 15 is 0 Å². The average molecular weight is 424 g/mol. The molecule has 1 N–H and O–H groups in total. The number of hydrogen-bond acceptors (Lipinski definition) is 5. The number of hydrogen-bond donors (Lipinski definition) is 1. The third-order valence-corrected chi connectivity index (χ3v) is 6.11. The van der Waals surface area contributed by atoms with Crippen molar-refractivity contribution in [1.82, 2.24) is 9.88 Å². The van der Waals surface area contributed by atoms with Crippen molar-refractivity contribution >= 4 is 17.5 Å². The average Bonchev–Trinajstić information content (AvgIpc) is 3.35. The fourth-order valence-corrected chi connectivity index (χ4v) is 4.45. The number of likely N-dealkylation sites (tertiary alicyclic amines) is 1. The molecule has 7 nitrogen and oxygen atoms in total. The van der Waals surface area contributed by atoms with E-state index in [1.54, 1.807) is 31.5 Å². The zero-order valence-electron chi connectivity index (χ0n) is 17.9. The number of pyridine rings is 1. The van der Waals surface area contributed by atoms with Crippen molar-refractivity contribution < 1.29 is 19.1 Å². The van der Waals surface area contributed by atoms with Crippen LogP contribution in [0.1, 0.15) is 38.5 Å². The molecule has 1 aliphatic heterocycles. The fourth-order valence-electron chi connectivity index (χ4n) is 4.45. The summed E-state index contributed by atoms with van der Waals surface area (Å²) in [5, 5.41) is 2.95. The second-order valence-corrected chi connectivity index (χ2v) is 8.19. The van der Waals surface area contributed by atoms with Crippen LogP contribution in [0.4, 0.5) is 5.69 Å². The molecule has 4 rings (SSSR count). The van der Waals surface area contributed by atoms with E-state index in [4.69, 9.17) is 9.47 Å². The standard InChI is InChI=1S/C24H29N3O4/c1-30-18-7-6-8-19(15-18)31-22-12-11-17(16-25-22)26-23(28)20-9-2-3-10-21(20)24(29)27-13-4-5-14-27/h6-8,11-12,15-16,20-21H,2-5,9-10,13-14H2,1H3,(H,26,28)/t20-,21+/m0/s1. The van der Waals surface area contributed by atoms with Crippen LogP contribution in [0.3, 0.4) is 0 Å². The Morgan fingerprint density at radius 2 is 1.74 bits per heavy atom. The molecule has 0 unspecified atom stereocenters.